The Hall–Kier alpha value is -2.58. The molecule has 4 aromatic rings. The van der Waals surface area contributed by atoms with E-state index in [0.717, 1.165) is 28.2 Å². The number of fused-ring (bicyclic) bond motifs is 2. The summed E-state index contributed by atoms with van der Waals surface area (Å²) in [5, 5.41) is 0.739. The highest BCUT2D eigenvalue weighted by Gasteiger charge is 2.26. The summed E-state index contributed by atoms with van der Waals surface area (Å²) in [4.78, 5) is 11.3. The smallest absolute Gasteiger partial charge is 0.186 e. The van der Waals surface area contributed by atoms with Crippen molar-refractivity contribution in [1.82, 2.24) is 14.4 Å². The molecule has 0 spiro atoms. The van der Waals surface area contributed by atoms with Crippen LogP contribution in [0.5, 0.6) is 0 Å². The molecule has 1 aliphatic rings. The molecule has 0 N–H and O–H groups in total. The number of morpholine rings is 1. The average Bonchev–Trinajstić information content (AvgIpc) is 3.27. The van der Waals surface area contributed by atoms with Crippen LogP contribution in [0.1, 0.15) is 17.5 Å². The molecule has 1 saturated heterocycles. The fourth-order valence-electron chi connectivity index (χ4n) is 3.37. The van der Waals surface area contributed by atoms with Gasteiger partial charge in [-0.25, -0.2) is 18.7 Å². The fraction of sp³-hybridized carbons (Fsp3) is 0.263. The molecule has 0 radical (unpaired) electrons. The van der Waals surface area contributed by atoms with Gasteiger partial charge in [-0.05, 0) is 25.1 Å². The minimum atomic E-state index is -0.876. The summed E-state index contributed by atoms with van der Waals surface area (Å²) in [6.45, 7) is 3.84. The third-order valence-corrected chi connectivity index (χ3v) is 5.88. The largest absolute Gasteiger partial charge is 0.368 e. The zero-order chi connectivity index (χ0) is 18.5. The fourth-order valence-corrected chi connectivity index (χ4v) is 4.38. The van der Waals surface area contributed by atoms with Crippen LogP contribution in [0.25, 0.3) is 15.9 Å². The minimum Gasteiger partial charge on any atom is -0.368 e. The van der Waals surface area contributed by atoms with Crippen LogP contribution in [0.15, 0.2) is 36.5 Å². The molecule has 0 aliphatic carbocycles. The molecule has 138 valence electrons. The Bertz CT molecular complexity index is 1120. The van der Waals surface area contributed by atoms with E-state index in [1.54, 1.807) is 0 Å². The highest BCUT2D eigenvalue weighted by Crippen LogP contribution is 2.33. The molecule has 1 aliphatic heterocycles. The average molecular weight is 386 g/mol. The molecule has 0 bridgehead atoms. The highest BCUT2D eigenvalue weighted by atomic mass is 32.1. The van der Waals surface area contributed by atoms with Crippen molar-refractivity contribution in [3.05, 3.63) is 59.6 Å². The van der Waals surface area contributed by atoms with Crippen molar-refractivity contribution in [2.24, 2.45) is 0 Å². The van der Waals surface area contributed by atoms with E-state index in [4.69, 9.17) is 4.74 Å². The SMILES string of the molecule is Cc1cccc2nc(C3CN(c4nc5cc(F)c(F)cc5s4)CCO3)cn12. The quantitative estimate of drug-likeness (QED) is 0.520. The summed E-state index contributed by atoms with van der Waals surface area (Å²) in [6.07, 6.45) is 1.82. The van der Waals surface area contributed by atoms with Gasteiger partial charge < -0.3 is 14.0 Å². The zero-order valence-corrected chi connectivity index (χ0v) is 15.3. The van der Waals surface area contributed by atoms with Crippen LogP contribution in [-0.4, -0.2) is 34.1 Å². The third kappa shape index (κ3) is 2.85. The number of pyridine rings is 1. The summed E-state index contributed by atoms with van der Waals surface area (Å²) < 4.78 is 35.6. The number of anilines is 1. The van der Waals surface area contributed by atoms with Crippen LogP contribution in [0.4, 0.5) is 13.9 Å². The van der Waals surface area contributed by atoms with E-state index >= 15 is 0 Å². The second-order valence-electron chi connectivity index (χ2n) is 6.60. The van der Waals surface area contributed by atoms with Gasteiger partial charge in [0.05, 0.1) is 29.1 Å². The van der Waals surface area contributed by atoms with Gasteiger partial charge in [0.25, 0.3) is 0 Å². The summed E-state index contributed by atoms with van der Waals surface area (Å²) in [5.41, 5.74) is 3.33. The van der Waals surface area contributed by atoms with Gasteiger partial charge in [0.1, 0.15) is 11.8 Å². The van der Waals surface area contributed by atoms with Crippen molar-refractivity contribution in [2.45, 2.75) is 13.0 Å². The summed E-state index contributed by atoms with van der Waals surface area (Å²) >= 11 is 1.36. The van der Waals surface area contributed by atoms with Crippen LogP contribution in [0.2, 0.25) is 0 Å². The van der Waals surface area contributed by atoms with Gasteiger partial charge in [0.15, 0.2) is 16.8 Å². The number of hydrogen-bond acceptors (Lipinski definition) is 5. The number of hydrogen-bond donors (Lipinski definition) is 0. The van der Waals surface area contributed by atoms with E-state index in [1.165, 1.54) is 17.4 Å². The minimum absolute atomic E-state index is 0.182. The maximum atomic E-state index is 13.5. The Balaban J connectivity index is 1.45. The molecule has 1 aromatic carbocycles. The Labute approximate surface area is 157 Å². The molecule has 27 heavy (non-hydrogen) atoms. The van der Waals surface area contributed by atoms with Crippen LogP contribution in [-0.2, 0) is 4.74 Å². The maximum absolute atomic E-state index is 13.5. The van der Waals surface area contributed by atoms with E-state index < -0.39 is 11.6 Å². The molecule has 0 saturated carbocycles. The summed E-state index contributed by atoms with van der Waals surface area (Å²) in [6, 6.07) is 8.33. The van der Waals surface area contributed by atoms with Gasteiger partial charge >= 0.3 is 0 Å². The molecule has 1 atom stereocenters. The molecular weight excluding hydrogens is 370 g/mol. The van der Waals surface area contributed by atoms with Crippen molar-refractivity contribution in [2.75, 3.05) is 24.6 Å². The van der Waals surface area contributed by atoms with Gasteiger partial charge in [0.2, 0.25) is 0 Å². The highest BCUT2D eigenvalue weighted by molar-refractivity contribution is 7.22. The van der Waals surface area contributed by atoms with E-state index in [-0.39, 0.29) is 6.10 Å². The van der Waals surface area contributed by atoms with Crippen molar-refractivity contribution in [3.63, 3.8) is 0 Å². The van der Waals surface area contributed by atoms with Crippen LogP contribution >= 0.6 is 11.3 Å². The monoisotopic (exact) mass is 386 g/mol. The second kappa shape index (κ2) is 6.24. The predicted molar refractivity (Wildman–Crippen MR) is 100 cm³/mol. The van der Waals surface area contributed by atoms with E-state index in [2.05, 4.69) is 14.9 Å². The standard InChI is InChI=1S/C19H16F2N4OS/c1-11-3-2-4-18-22-15(9-25(11)18)16-10-24(5-6-26-16)19-23-14-7-12(20)13(21)8-17(14)27-19/h2-4,7-9,16H,5-6,10H2,1H3. The van der Waals surface area contributed by atoms with E-state index in [0.29, 0.717) is 29.9 Å². The first-order valence-electron chi connectivity index (χ1n) is 8.65. The number of rotatable bonds is 2. The van der Waals surface area contributed by atoms with Gasteiger partial charge in [-0.2, -0.15) is 0 Å². The van der Waals surface area contributed by atoms with Crippen LogP contribution in [0, 0.1) is 18.6 Å². The zero-order valence-electron chi connectivity index (χ0n) is 14.5. The van der Waals surface area contributed by atoms with Gasteiger partial charge in [0, 0.05) is 24.5 Å². The number of aromatic nitrogens is 3. The van der Waals surface area contributed by atoms with Crippen LogP contribution < -0.4 is 4.90 Å². The van der Waals surface area contributed by atoms with Crippen molar-refractivity contribution >= 4 is 32.3 Å². The van der Waals surface area contributed by atoms with Crippen LogP contribution in [0.3, 0.4) is 0 Å². The van der Waals surface area contributed by atoms with Gasteiger partial charge in [-0.15, -0.1) is 0 Å². The summed E-state index contributed by atoms with van der Waals surface area (Å²) in [7, 11) is 0. The maximum Gasteiger partial charge on any atom is 0.186 e. The van der Waals surface area contributed by atoms with Crippen molar-refractivity contribution < 1.29 is 13.5 Å². The number of ether oxygens (including phenoxy) is 1. The molecule has 5 rings (SSSR count). The van der Waals surface area contributed by atoms with Gasteiger partial charge in [-0.3, -0.25) is 0 Å². The Morgan fingerprint density at radius 2 is 2.04 bits per heavy atom. The Morgan fingerprint density at radius 1 is 1.19 bits per heavy atom. The first kappa shape index (κ1) is 16.6. The lowest BCUT2D eigenvalue weighted by molar-refractivity contribution is 0.0373. The van der Waals surface area contributed by atoms with E-state index in [1.807, 2.05) is 35.7 Å². The number of benzene rings is 1. The molecule has 8 heteroatoms. The van der Waals surface area contributed by atoms with Crippen molar-refractivity contribution in [3.8, 4) is 0 Å². The lowest BCUT2D eigenvalue weighted by atomic mass is 10.2. The third-order valence-electron chi connectivity index (χ3n) is 4.80. The predicted octanol–water partition coefficient (Wildman–Crippen LogP) is 4.11. The van der Waals surface area contributed by atoms with Gasteiger partial charge in [-0.1, -0.05) is 17.4 Å². The first-order valence-corrected chi connectivity index (χ1v) is 9.47. The molecular formula is C19H16F2N4OS. The Kier molecular flexibility index (Phi) is 3.84. The molecule has 1 fully saturated rings. The number of imidazole rings is 1. The molecule has 4 heterocycles. The topological polar surface area (TPSA) is 42.7 Å². The van der Waals surface area contributed by atoms with Crippen molar-refractivity contribution in [1.29, 1.82) is 0 Å². The number of thiazole rings is 1. The number of aryl methyl sites for hydroxylation is 1. The number of halogens is 2. The van der Waals surface area contributed by atoms with E-state index in [9.17, 15) is 8.78 Å². The normalized spacial score (nSPS) is 17.9. The lowest BCUT2D eigenvalue weighted by Crippen LogP contribution is -2.38. The second-order valence-corrected chi connectivity index (χ2v) is 7.61. The Morgan fingerprint density at radius 3 is 2.89 bits per heavy atom. The number of nitrogens with zero attached hydrogens (tertiary/aromatic N) is 4. The first-order chi connectivity index (χ1) is 13.1. The molecule has 3 aromatic heterocycles. The summed E-state index contributed by atoms with van der Waals surface area (Å²) in [5.74, 6) is -1.73. The molecule has 5 nitrogen and oxygen atoms in total. The molecule has 1 unspecified atom stereocenters. The lowest BCUT2D eigenvalue weighted by Gasteiger charge is -2.31. The molecule has 0 amide bonds.